The van der Waals surface area contributed by atoms with E-state index in [0.717, 1.165) is 29.5 Å². The average molecular weight is 445 g/mol. The highest BCUT2D eigenvalue weighted by Crippen LogP contribution is 2.34. The van der Waals surface area contributed by atoms with Gasteiger partial charge >= 0.3 is 0 Å². The van der Waals surface area contributed by atoms with Crippen LogP contribution in [0.15, 0.2) is 41.1 Å². The number of methoxy groups -OCH3 is 2. The van der Waals surface area contributed by atoms with Crippen LogP contribution in [0, 0.1) is 0 Å². The number of H-pyrrole nitrogens is 1. The van der Waals surface area contributed by atoms with Crippen LogP contribution >= 0.6 is 15.9 Å². The van der Waals surface area contributed by atoms with Gasteiger partial charge < -0.3 is 32.1 Å². The lowest BCUT2D eigenvalue weighted by atomic mass is 10.2. The maximum Gasteiger partial charge on any atom is 0.234 e. The molecule has 2 aromatic carbocycles. The van der Waals surface area contributed by atoms with Gasteiger partial charge in [-0.15, -0.1) is 4.98 Å². The third-order valence-electron chi connectivity index (χ3n) is 3.40. The summed E-state index contributed by atoms with van der Waals surface area (Å²) in [7, 11) is 4.18. The Hall–Kier alpha value is -2.29. The molecule has 0 amide bonds. The van der Waals surface area contributed by atoms with Gasteiger partial charge in [-0.05, 0) is 34.1 Å². The molecular weight excluding hydrogens is 426 g/mol. The Bertz CT molecular complexity index is 880. The van der Waals surface area contributed by atoms with Crippen LogP contribution in [0.4, 0.5) is 11.5 Å². The van der Waals surface area contributed by atoms with E-state index in [9.17, 15) is 5.11 Å². The summed E-state index contributed by atoms with van der Waals surface area (Å²) in [5.41, 5.74) is 1.58. The molecule has 0 bridgehead atoms. The first-order chi connectivity index (χ1) is 12.1. The Morgan fingerprint density at radius 3 is 2.35 bits per heavy atom. The molecule has 0 saturated carbocycles. The number of hydrogen-bond acceptors (Lipinski definition) is 6. The lowest BCUT2D eigenvalue weighted by molar-refractivity contribution is -0.363. The molecule has 7 nitrogen and oxygen atoms in total. The van der Waals surface area contributed by atoms with Gasteiger partial charge in [0.05, 0.1) is 29.8 Å². The van der Waals surface area contributed by atoms with Crippen LogP contribution in [-0.4, -0.2) is 36.5 Å². The van der Waals surface area contributed by atoms with Crippen LogP contribution < -0.4 is 32.2 Å². The Balaban J connectivity index is 0.00000109. The molecule has 0 saturated heterocycles. The SMILES string of the molecule is CO.COc1cc2nc[nH+]c(Nc3ccc(O)c(Br)c3)c2cc1OC.[Cl-]. The van der Waals surface area contributed by atoms with E-state index in [-0.39, 0.29) is 18.2 Å². The average Bonchev–Trinajstić information content (AvgIpc) is 2.65. The van der Waals surface area contributed by atoms with E-state index in [4.69, 9.17) is 14.6 Å². The summed E-state index contributed by atoms with van der Waals surface area (Å²) in [6, 6.07) is 8.85. The lowest BCUT2D eigenvalue weighted by Gasteiger charge is -2.09. The normalized spacial score (nSPS) is 9.58. The fourth-order valence-electron chi connectivity index (χ4n) is 2.25. The number of aromatic amines is 1. The third kappa shape index (κ3) is 4.66. The summed E-state index contributed by atoms with van der Waals surface area (Å²) < 4.78 is 11.3. The number of aromatic nitrogens is 2. The maximum absolute atomic E-state index is 9.58. The molecule has 0 atom stereocenters. The molecule has 0 fully saturated rings. The third-order valence-corrected chi connectivity index (χ3v) is 4.04. The molecule has 1 aromatic heterocycles. The monoisotopic (exact) mass is 443 g/mol. The Labute approximate surface area is 165 Å². The van der Waals surface area contributed by atoms with Crippen molar-refractivity contribution in [2.24, 2.45) is 0 Å². The first kappa shape index (κ1) is 21.8. The minimum Gasteiger partial charge on any atom is -1.00 e. The smallest absolute Gasteiger partial charge is 0.234 e. The van der Waals surface area contributed by atoms with Crippen molar-refractivity contribution in [2.45, 2.75) is 0 Å². The van der Waals surface area contributed by atoms with Crippen LogP contribution in [0.25, 0.3) is 10.9 Å². The molecule has 0 aliphatic heterocycles. The van der Waals surface area contributed by atoms with E-state index >= 15 is 0 Å². The molecule has 0 aliphatic carbocycles. The second-order valence-electron chi connectivity index (χ2n) is 4.79. The highest BCUT2D eigenvalue weighted by atomic mass is 79.9. The highest BCUT2D eigenvalue weighted by Gasteiger charge is 2.15. The summed E-state index contributed by atoms with van der Waals surface area (Å²) in [6.45, 7) is 0. The van der Waals surface area contributed by atoms with Crippen LogP contribution in [-0.2, 0) is 0 Å². The number of nitrogens with zero attached hydrogens (tertiary/aromatic N) is 1. The quantitative estimate of drug-likeness (QED) is 0.486. The largest absolute Gasteiger partial charge is 1.00 e. The number of phenolic OH excluding ortho intramolecular Hbond substituents is 1. The van der Waals surface area contributed by atoms with E-state index in [1.54, 1.807) is 38.7 Å². The zero-order valence-corrected chi connectivity index (χ0v) is 16.7. The molecule has 0 unspecified atom stereocenters. The van der Waals surface area contributed by atoms with E-state index in [2.05, 4.69) is 31.2 Å². The molecular formula is C17H19BrClN3O4. The Morgan fingerprint density at radius 1 is 1.08 bits per heavy atom. The van der Waals surface area contributed by atoms with E-state index < -0.39 is 0 Å². The number of phenols is 1. The first-order valence-electron chi connectivity index (χ1n) is 7.25. The lowest BCUT2D eigenvalue weighted by Crippen LogP contribution is -3.00. The van der Waals surface area contributed by atoms with Gasteiger partial charge in [-0.25, -0.2) is 4.98 Å². The van der Waals surface area contributed by atoms with Crippen molar-refractivity contribution in [1.29, 1.82) is 0 Å². The van der Waals surface area contributed by atoms with E-state index in [1.807, 2.05) is 12.1 Å². The number of rotatable bonds is 4. The zero-order chi connectivity index (χ0) is 18.4. The molecule has 140 valence electrons. The van der Waals surface area contributed by atoms with Gasteiger partial charge in [0.1, 0.15) is 5.75 Å². The fourth-order valence-corrected chi connectivity index (χ4v) is 2.63. The van der Waals surface area contributed by atoms with Crippen molar-refractivity contribution in [3.63, 3.8) is 0 Å². The summed E-state index contributed by atoms with van der Waals surface area (Å²) >= 11 is 3.30. The van der Waals surface area contributed by atoms with E-state index in [1.165, 1.54) is 0 Å². The van der Waals surface area contributed by atoms with Crippen molar-refractivity contribution in [1.82, 2.24) is 4.98 Å². The molecule has 9 heteroatoms. The molecule has 0 aliphatic rings. The number of fused-ring (bicyclic) bond motifs is 1. The van der Waals surface area contributed by atoms with Gasteiger partial charge in [-0.2, -0.15) is 0 Å². The van der Waals surface area contributed by atoms with Crippen molar-refractivity contribution in [3.8, 4) is 17.2 Å². The number of benzene rings is 2. The number of aromatic hydroxyl groups is 1. The predicted octanol–water partition coefficient (Wildman–Crippen LogP) is -0.110. The fraction of sp³-hybridized carbons (Fsp3) is 0.176. The van der Waals surface area contributed by atoms with Crippen molar-refractivity contribution in [3.05, 3.63) is 41.1 Å². The molecule has 3 rings (SSSR count). The standard InChI is InChI=1S/C16H14BrN3O3.CH4O.ClH/c1-22-14-6-10-12(7-15(14)23-2)18-8-19-16(10)20-9-3-4-13(21)11(17)5-9;1-2;/h3-8,21H,1-2H3,(H,18,19,20);2H,1H3;1H. The number of hydrogen-bond donors (Lipinski definition) is 3. The minimum atomic E-state index is 0. The molecule has 0 spiro atoms. The number of nitrogens with one attached hydrogen (secondary N) is 2. The summed E-state index contributed by atoms with van der Waals surface area (Å²) in [4.78, 5) is 7.41. The molecule has 4 N–H and O–H groups in total. The Morgan fingerprint density at radius 2 is 1.73 bits per heavy atom. The number of aliphatic hydroxyl groups is 1. The van der Waals surface area contributed by atoms with Gasteiger partial charge in [-0.1, -0.05) is 0 Å². The molecule has 1 heterocycles. The highest BCUT2D eigenvalue weighted by molar-refractivity contribution is 9.10. The van der Waals surface area contributed by atoms with Crippen molar-refractivity contribution >= 4 is 38.3 Å². The number of halogens is 2. The van der Waals surface area contributed by atoms with E-state index in [0.29, 0.717) is 16.0 Å². The van der Waals surface area contributed by atoms with Crippen LogP contribution in [0.2, 0.25) is 0 Å². The molecule has 26 heavy (non-hydrogen) atoms. The second-order valence-corrected chi connectivity index (χ2v) is 5.65. The maximum atomic E-state index is 9.58. The number of anilines is 2. The van der Waals surface area contributed by atoms with Gasteiger partial charge in [-0.3, -0.25) is 5.32 Å². The Kier molecular flexibility index (Phi) is 8.37. The molecule has 3 aromatic rings. The van der Waals surface area contributed by atoms with Gasteiger partial charge in [0.15, 0.2) is 17.0 Å². The van der Waals surface area contributed by atoms with Gasteiger partial charge in [0.25, 0.3) is 0 Å². The van der Waals surface area contributed by atoms with Crippen molar-refractivity contribution in [2.75, 3.05) is 26.6 Å². The topological polar surface area (TPSA) is 98.0 Å². The summed E-state index contributed by atoms with van der Waals surface area (Å²) in [6.07, 6.45) is 1.60. The summed E-state index contributed by atoms with van der Waals surface area (Å²) in [5.74, 6) is 2.19. The van der Waals surface area contributed by atoms with Crippen LogP contribution in [0.1, 0.15) is 0 Å². The zero-order valence-electron chi connectivity index (χ0n) is 14.4. The van der Waals surface area contributed by atoms with Gasteiger partial charge in [0, 0.05) is 19.2 Å². The number of aliphatic hydroxyl groups excluding tert-OH is 1. The van der Waals surface area contributed by atoms with Crippen LogP contribution in [0.5, 0.6) is 17.2 Å². The first-order valence-corrected chi connectivity index (χ1v) is 8.04. The van der Waals surface area contributed by atoms with Crippen LogP contribution in [0.3, 0.4) is 0 Å². The molecule has 0 radical (unpaired) electrons. The van der Waals surface area contributed by atoms with Gasteiger partial charge in [0.2, 0.25) is 12.1 Å². The predicted molar refractivity (Wildman–Crippen MR) is 98.6 cm³/mol. The number of ether oxygens (including phenoxy) is 2. The van der Waals surface area contributed by atoms with Crippen molar-refractivity contribution < 1.29 is 37.1 Å². The minimum absolute atomic E-state index is 0. The summed E-state index contributed by atoms with van der Waals surface area (Å²) in [5, 5.41) is 20.7. The second kappa shape index (κ2) is 10.0.